The number of ether oxygens (including phenoxy) is 1. The van der Waals surface area contributed by atoms with Crippen LogP contribution in [0.15, 0.2) is 42.5 Å². The van der Waals surface area contributed by atoms with Crippen LogP contribution in [-0.4, -0.2) is 32.5 Å². The zero-order chi connectivity index (χ0) is 16.6. The second-order valence-corrected chi connectivity index (χ2v) is 6.96. The van der Waals surface area contributed by atoms with Crippen LogP contribution >= 0.6 is 0 Å². The zero-order valence-corrected chi connectivity index (χ0v) is 14.0. The number of hydrogen-bond acceptors (Lipinski definition) is 5. The van der Waals surface area contributed by atoms with E-state index in [4.69, 9.17) is 9.84 Å². The van der Waals surface area contributed by atoms with Crippen molar-refractivity contribution in [3.63, 3.8) is 0 Å². The van der Waals surface area contributed by atoms with Gasteiger partial charge in [0.25, 0.3) is 0 Å². The van der Waals surface area contributed by atoms with Gasteiger partial charge >= 0.3 is 0 Å². The first-order valence-corrected chi connectivity index (χ1v) is 9.02. The maximum absolute atomic E-state index is 5.96. The summed E-state index contributed by atoms with van der Waals surface area (Å²) in [7, 11) is 0. The molecule has 2 atom stereocenters. The molecule has 1 saturated carbocycles. The predicted molar refractivity (Wildman–Crippen MR) is 94.5 cm³/mol. The molecule has 1 N–H and O–H groups in total. The van der Waals surface area contributed by atoms with Gasteiger partial charge in [0, 0.05) is 18.6 Å². The molecule has 5 rings (SSSR count). The van der Waals surface area contributed by atoms with Gasteiger partial charge in [-0.25, -0.2) is 0 Å². The Morgan fingerprint density at radius 3 is 2.72 bits per heavy atom. The highest BCUT2D eigenvalue weighted by Gasteiger charge is 2.29. The Morgan fingerprint density at radius 1 is 1.00 bits per heavy atom. The van der Waals surface area contributed by atoms with E-state index in [0.717, 1.165) is 36.7 Å². The molecule has 0 amide bonds. The van der Waals surface area contributed by atoms with E-state index in [-0.39, 0.29) is 6.10 Å². The van der Waals surface area contributed by atoms with Crippen molar-refractivity contribution in [3.8, 4) is 0 Å². The molecule has 1 aromatic carbocycles. The lowest BCUT2D eigenvalue weighted by Gasteiger charge is -2.30. The summed E-state index contributed by atoms with van der Waals surface area (Å²) in [5, 5.41) is 16.8. The Morgan fingerprint density at radius 2 is 1.88 bits per heavy atom. The molecule has 1 aliphatic carbocycles. The molecule has 6 nitrogen and oxygen atoms in total. The first kappa shape index (κ1) is 14.8. The van der Waals surface area contributed by atoms with Crippen molar-refractivity contribution in [2.45, 2.75) is 43.7 Å². The fraction of sp³-hybridized carbons (Fsp3) is 0.421. The van der Waals surface area contributed by atoms with E-state index in [2.05, 4.69) is 39.8 Å². The first-order valence-electron chi connectivity index (χ1n) is 9.02. The van der Waals surface area contributed by atoms with E-state index in [1.165, 1.54) is 18.4 Å². The second-order valence-electron chi connectivity index (χ2n) is 6.96. The lowest BCUT2D eigenvalue weighted by molar-refractivity contribution is 0.00973. The van der Waals surface area contributed by atoms with E-state index in [0.29, 0.717) is 12.0 Å². The lowest BCUT2D eigenvalue weighted by Crippen LogP contribution is -2.30. The zero-order valence-electron chi connectivity index (χ0n) is 14.0. The van der Waals surface area contributed by atoms with Crippen LogP contribution in [0.4, 0.5) is 5.82 Å². The van der Waals surface area contributed by atoms with Gasteiger partial charge in [-0.3, -0.25) is 0 Å². The molecule has 2 fully saturated rings. The average Bonchev–Trinajstić information content (AvgIpc) is 3.42. The Labute approximate surface area is 146 Å². The fourth-order valence-electron chi connectivity index (χ4n) is 3.52. The summed E-state index contributed by atoms with van der Waals surface area (Å²) in [6.07, 6.45) is 4.47. The molecule has 0 spiro atoms. The van der Waals surface area contributed by atoms with Crippen molar-refractivity contribution in [1.82, 2.24) is 19.8 Å². The minimum atomic E-state index is 0.146. The average molecular weight is 335 g/mol. The number of aromatic nitrogens is 4. The summed E-state index contributed by atoms with van der Waals surface area (Å²) in [6, 6.07) is 14.8. The SMILES string of the molecule is c1ccc(C2CC(Nc3ccc4nnc(C5CC5)n4n3)CCO2)cc1. The molecule has 3 aromatic rings. The third kappa shape index (κ3) is 2.98. The van der Waals surface area contributed by atoms with E-state index in [1.54, 1.807) is 0 Å². The maximum atomic E-state index is 5.96. The summed E-state index contributed by atoms with van der Waals surface area (Å²) < 4.78 is 7.86. The van der Waals surface area contributed by atoms with Gasteiger partial charge in [0.15, 0.2) is 11.5 Å². The van der Waals surface area contributed by atoms with Crippen LogP contribution in [-0.2, 0) is 4.74 Å². The van der Waals surface area contributed by atoms with E-state index < -0.39 is 0 Å². The van der Waals surface area contributed by atoms with Crippen LogP contribution in [0.1, 0.15) is 49.1 Å². The van der Waals surface area contributed by atoms with Gasteiger partial charge in [0.2, 0.25) is 0 Å². The van der Waals surface area contributed by atoms with Gasteiger partial charge < -0.3 is 10.1 Å². The third-order valence-electron chi connectivity index (χ3n) is 5.04. The molecule has 1 saturated heterocycles. The Hall–Kier alpha value is -2.47. The molecule has 0 bridgehead atoms. The molecule has 2 unspecified atom stereocenters. The fourth-order valence-corrected chi connectivity index (χ4v) is 3.52. The lowest BCUT2D eigenvalue weighted by atomic mass is 9.97. The van der Waals surface area contributed by atoms with Crippen molar-refractivity contribution in [2.75, 3.05) is 11.9 Å². The number of fused-ring (bicyclic) bond motifs is 1. The van der Waals surface area contributed by atoms with Gasteiger partial charge in [-0.15, -0.1) is 15.3 Å². The van der Waals surface area contributed by atoms with Crippen LogP contribution in [0.25, 0.3) is 5.65 Å². The van der Waals surface area contributed by atoms with Crippen molar-refractivity contribution in [2.24, 2.45) is 0 Å². The van der Waals surface area contributed by atoms with Crippen molar-refractivity contribution >= 4 is 11.5 Å². The number of anilines is 1. The molecular formula is C19H21N5O. The van der Waals surface area contributed by atoms with Crippen molar-refractivity contribution < 1.29 is 4.74 Å². The van der Waals surface area contributed by atoms with Crippen LogP contribution in [0.5, 0.6) is 0 Å². The molecule has 1 aliphatic heterocycles. The third-order valence-corrected chi connectivity index (χ3v) is 5.04. The smallest absolute Gasteiger partial charge is 0.178 e. The topological polar surface area (TPSA) is 64.3 Å². The molecule has 128 valence electrons. The number of nitrogens with zero attached hydrogens (tertiary/aromatic N) is 4. The molecule has 6 heteroatoms. The van der Waals surface area contributed by atoms with Gasteiger partial charge in [-0.05, 0) is 43.4 Å². The van der Waals surface area contributed by atoms with Crippen molar-refractivity contribution in [1.29, 1.82) is 0 Å². The molecule has 3 heterocycles. The van der Waals surface area contributed by atoms with Crippen LogP contribution in [0, 0.1) is 0 Å². The number of rotatable bonds is 4. The van der Waals surface area contributed by atoms with Gasteiger partial charge in [0.1, 0.15) is 5.82 Å². The second kappa shape index (κ2) is 6.11. The number of nitrogens with one attached hydrogen (secondary N) is 1. The van der Waals surface area contributed by atoms with Crippen molar-refractivity contribution in [3.05, 3.63) is 53.9 Å². The highest BCUT2D eigenvalue weighted by molar-refractivity contribution is 5.45. The summed E-state index contributed by atoms with van der Waals surface area (Å²) in [5.41, 5.74) is 2.06. The van der Waals surface area contributed by atoms with Crippen LogP contribution in [0.2, 0.25) is 0 Å². The summed E-state index contributed by atoms with van der Waals surface area (Å²) in [6.45, 7) is 0.763. The Kier molecular flexibility index (Phi) is 3.63. The summed E-state index contributed by atoms with van der Waals surface area (Å²) >= 11 is 0. The van der Waals surface area contributed by atoms with Crippen LogP contribution < -0.4 is 5.32 Å². The first-order chi connectivity index (χ1) is 12.4. The summed E-state index contributed by atoms with van der Waals surface area (Å²) in [5.74, 6) is 2.41. The molecule has 2 aliphatic rings. The minimum absolute atomic E-state index is 0.146. The number of hydrogen-bond donors (Lipinski definition) is 1. The Balaban J connectivity index is 1.34. The highest BCUT2D eigenvalue weighted by Crippen LogP contribution is 2.38. The standard InChI is InChI=1S/C19H21N5O/c1-2-4-13(5-3-1)16-12-15(10-11-25-16)20-17-8-9-18-21-22-19(14-6-7-14)24(18)23-17/h1-5,8-9,14-16H,6-7,10-12H2,(H,20,23). The van der Waals surface area contributed by atoms with Gasteiger partial charge in [0.05, 0.1) is 6.10 Å². The number of benzene rings is 1. The molecule has 0 radical (unpaired) electrons. The quantitative estimate of drug-likeness (QED) is 0.792. The van der Waals surface area contributed by atoms with Crippen LogP contribution in [0.3, 0.4) is 0 Å². The monoisotopic (exact) mass is 335 g/mol. The normalized spacial score (nSPS) is 23.7. The van der Waals surface area contributed by atoms with E-state index in [9.17, 15) is 0 Å². The van der Waals surface area contributed by atoms with Gasteiger partial charge in [-0.2, -0.15) is 4.52 Å². The predicted octanol–water partition coefficient (Wildman–Crippen LogP) is 3.33. The maximum Gasteiger partial charge on any atom is 0.178 e. The largest absolute Gasteiger partial charge is 0.373 e. The van der Waals surface area contributed by atoms with Gasteiger partial charge in [-0.1, -0.05) is 30.3 Å². The van der Waals surface area contributed by atoms with E-state index >= 15 is 0 Å². The van der Waals surface area contributed by atoms with E-state index in [1.807, 2.05) is 22.7 Å². The molecule has 25 heavy (non-hydrogen) atoms. The molecular weight excluding hydrogens is 314 g/mol. The summed E-state index contributed by atoms with van der Waals surface area (Å²) in [4.78, 5) is 0. The highest BCUT2D eigenvalue weighted by atomic mass is 16.5. The molecule has 2 aromatic heterocycles. The Bertz CT molecular complexity index is 874. The minimum Gasteiger partial charge on any atom is -0.373 e.